The summed E-state index contributed by atoms with van der Waals surface area (Å²) in [4.78, 5) is 2.31. The first-order valence-electron chi connectivity index (χ1n) is 6.69. The number of hydrogen-bond donors (Lipinski definition) is 1. The van der Waals surface area contributed by atoms with E-state index in [4.69, 9.17) is 10.5 Å². The van der Waals surface area contributed by atoms with Crippen LogP contribution >= 0.6 is 0 Å². The highest BCUT2D eigenvalue weighted by Gasteiger charge is 2.29. The second-order valence-electron chi connectivity index (χ2n) is 5.12. The number of piperidine rings is 1. The number of aryl methyl sites for hydroxylation is 2. The van der Waals surface area contributed by atoms with Crippen LogP contribution in [0.4, 0.5) is 11.5 Å². The van der Waals surface area contributed by atoms with Crippen molar-refractivity contribution in [3.05, 3.63) is 5.69 Å². The molecule has 2 unspecified atom stereocenters. The highest BCUT2D eigenvalue weighted by molar-refractivity contribution is 5.66. The normalized spacial score (nSPS) is 24.6. The van der Waals surface area contributed by atoms with Gasteiger partial charge in [-0.25, -0.2) is 4.68 Å². The van der Waals surface area contributed by atoms with Gasteiger partial charge in [0.15, 0.2) is 5.82 Å². The summed E-state index contributed by atoms with van der Waals surface area (Å²) in [6.07, 6.45) is 1.41. The molecule has 102 valence electrons. The van der Waals surface area contributed by atoms with Gasteiger partial charge in [-0.05, 0) is 26.2 Å². The van der Waals surface area contributed by atoms with E-state index in [1.807, 2.05) is 11.6 Å². The molecule has 0 aliphatic carbocycles. The van der Waals surface area contributed by atoms with Gasteiger partial charge in [0, 0.05) is 26.7 Å². The van der Waals surface area contributed by atoms with Crippen LogP contribution in [0.3, 0.4) is 0 Å². The van der Waals surface area contributed by atoms with Crippen molar-refractivity contribution < 1.29 is 4.74 Å². The molecule has 0 aromatic carbocycles. The summed E-state index contributed by atoms with van der Waals surface area (Å²) in [6, 6.07) is 0. The van der Waals surface area contributed by atoms with Crippen LogP contribution in [0.1, 0.15) is 26.0 Å². The Hall–Kier alpha value is -1.23. The first-order chi connectivity index (χ1) is 8.58. The molecule has 5 heteroatoms. The van der Waals surface area contributed by atoms with E-state index in [9.17, 15) is 0 Å². The zero-order valence-corrected chi connectivity index (χ0v) is 11.8. The third kappa shape index (κ3) is 2.19. The number of methoxy groups -OCH3 is 1. The van der Waals surface area contributed by atoms with Crippen LogP contribution in [0.2, 0.25) is 0 Å². The molecule has 0 saturated carbocycles. The minimum Gasteiger partial charge on any atom is -0.394 e. The van der Waals surface area contributed by atoms with Crippen LogP contribution in [-0.2, 0) is 11.3 Å². The van der Waals surface area contributed by atoms with E-state index in [2.05, 4.69) is 23.8 Å². The molecule has 0 amide bonds. The Morgan fingerprint density at radius 1 is 1.50 bits per heavy atom. The maximum atomic E-state index is 6.17. The number of nitrogens with zero attached hydrogens (tertiary/aromatic N) is 3. The standard InChI is InChI=1S/C13H24N4O/c1-5-17-13(12(14)10(3)15-17)16-7-6-9(2)11(8-16)18-4/h9,11H,5-8,14H2,1-4H3. The summed E-state index contributed by atoms with van der Waals surface area (Å²) in [5.41, 5.74) is 7.89. The Labute approximate surface area is 109 Å². The molecule has 0 radical (unpaired) electrons. The molecule has 1 aromatic rings. The summed E-state index contributed by atoms with van der Waals surface area (Å²) in [6.45, 7) is 9.07. The average molecular weight is 252 g/mol. The number of rotatable bonds is 3. The van der Waals surface area contributed by atoms with Crippen LogP contribution in [0.15, 0.2) is 0 Å². The Morgan fingerprint density at radius 3 is 2.83 bits per heavy atom. The van der Waals surface area contributed by atoms with Gasteiger partial charge >= 0.3 is 0 Å². The van der Waals surface area contributed by atoms with E-state index in [0.717, 1.165) is 43.3 Å². The molecule has 2 N–H and O–H groups in total. The molecule has 1 aliphatic rings. The quantitative estimate of drug-likeness (QED) is 0.889. The topological polar surface area (TPSA) is 56.3 Å². The molecular formula is C13H24N4O. The molecule has 2 rings (SSSR count). The summed E-state index contributed by atoms with van der Waals surface area (Å²) in [5.74, 6) is 1.66. The predicted octanol–water partition coefficient (Wildman–Crippen LogP) is 1.65. The third-order valence-electron chi connectivity index (χ3n) is 3.94. The van der Waals surface area contributed by atoms with Crippen molar-refractivity contribution in [3.63, 3.8) is 0 Å². The lowest BCUT2D eigenvalue weighted by Crippen LogP contribution is -2.45. The van der Waals surface area contributed by atoms with Gasteiger partial charge in [-0.3, -0.25) is 0 Å². The molecule has 5 nitrogen and oxygen atoms in total. The molecule has 1 saturated heterocycles. The van der Waals surface area contributed by atoms with Gasteiger partial charge in [0.1, 0.15) is 0 Å². The first kappa shape index (κ1) is 13.2. The lowest BCUT2D eigenvalue weighted by Gasteiger charge is -2.37. The van der Waals surface area contributed by atoms with Crippen molar-refractivity contribution in [1.82, 2.24) is 9.78 Å². The smallest absolute Gasteiger partial charge is 0.150 e. The van der Waals surface area contributed by atoms with E-state index < -0.39 is 0 Å². The number of hydrogen-bond acceptors (Lipinski definition) is 4. The Bertz CT molecular complexity index is 415. The van der Waals surface area contributed by atoms with Gasteiger partial charge in [0.05, 0.1) is 17.5 Å². The molecule has 0 bridgehead atoms. The highest BCUT2D eigenvalue weighted by Crippen LogP contribution is 2.30. The fourth-order valence-electron chi connectivity index (χ4n) is 2.67. The molecule has 2 atom stereocenters. The van der Waals surface area contributed by atoms with E-state index in [0.29, 0.717) is 5.92 Å². The molecule has 0 spiro atoms. The molecule has 18 heavy (non-hydrogen) atoms. The number of ether oxygens (including phenoxy) is 1. The molecular weight excluding hydrogens is 228 g/mol. The maximum Gasteiger partial charge on any atom is 0.150 e. The van der Waals surface area contributed by atoms with E-state index in [1.165, 1.54) is 0 Å². The largest absolute Gasteiger partial charge is 0.394 e. The number of anilines is 2. The Kier molecular flexibility index (Phi) is 3.80. The minimum atomic E-state index is 0.277. The SMILES string of the molecule is CCn1nc(C)c(N)c1N1CCC(C)C(OC)C1. The van der Waals surface area contributed by atoms with Gasteiger partial charge in [-0.15, -0.1) is 0 Å². The summed E-state index contributed by atoms with van der Waals surface area (Å²) < 4.78 is 7.56. The fourth-order valence-corrected chi connectivity index (χ4v) is 2.67. The lowest BCUT2D eigenvalue weighted by molar-refractivity contribution is 0.0495. The maximum absolute atomic E-state index is 6.17. The molecule has 1 aromatic heterocycles. The summed E-state index contributed by atoms with van der Waals surface area (Å²) in [7, 11) is 1.79. The van der Waals surface area contributed by atoms with Gasteiger partial charge in [-0.2, -0.15) is 5.10 Å². The minimum absolute atomic E-state index is 0.277. The van der Waals surface area contributed by atoms with Crippen LogP contribution in [-0.4, -0.2) is 36.1 Å². The fraction of sp³-hybridized carbons (Fsp3) is 0.769. The zero-order chi connectivity index (χ0) is 13.3. The monoisotopic (exact) mass is 252 g/mol. The highest BCUT2D eigenvalue weighted by atomic mass is 16.5. The predicted molar refractivity (Wildman–Crippen MR) is 73.8 cm³/mol. The van der Waals surface area contributed by atoms with Crippen molar-refractivity contribution in [2.24, 2.45) is 5.92 Å². The summed E-state index contributed by atoms with van der Waals surface area (Å²) >= 11 is 0. The number of nitrogen functional groups attached to an aromatic ring is 1. The number of aromatic nitrogens is 2. The van der Waals surface area contributed by atoms with Gasteiger partial charge < -0.3 is 15.4 Å². The Morgan fingerprint density at radius 2 is 2.22 bits per heavy atom. The van der Waals surface area contributed by atoms with E-state index in [1.54, 1.807) is 7.11 Å². The second-order valence-corrected chi connectivity index (χ2v) is 5.12. The lowest BCUT2D eigenvalue weighted by atomic mass is 9.96. The molecule has 1 fully saturated rings. The van der Waals surface area contributed by atoms with Crippen molar-refractivity contribution in [2.45, 2.75) is 39.8 Å². The van der Waals surface area contributed by atoms with Crippen molar-refractivity contribution in [1.29, 1.82) is 0 Å². The Balaban J connectivity index is 2.26. The van der Waals surface area contributed by atoms with Crippen molar-refractivity contribution in [3.8, 4) is 0 Å². The van der Waals surface area contributed by atoms with E-state index >= 15 is 0 Å². The first-order valence-corrected chi connectivity index (χ1v) is 6.69. The van der Waals surface area contributed by atoms with Gasteiger partial charge in [0.25, 0.3) is 0 Å². The van der Waals surface area contributed by atoms with E-state index in [-0.39, 0.29) is 6.10 Å². The molecule has 2 heterocycles. The summed E-state index contributed by atoms with van der Waals surface area (Å²) in [5, 5.41) is 4.48. The third-order valence-corrected chi connectivity index (χ3v) is 3.94. The van der Waals surface area contributed by atoms with Crippen LogP contribution in [0.5, 0.6) is 0 Å². The van der Waals surface area contributed by atoms with Crippen molar-refractivity contribution in [2.75, 3.05) is 30.8 Å². The van der Waals surface area contributed by atoms with Gasteiger partial charge in [-0.1, -0.05) is 6.92 Å². The van der Waals surface area contributed by atoms with Crippen LogP contribution in [0, 0.1) is 12.8 Å². The number of nitrogens with two attached hydrogens (primary N) is 1. The van der Waals surface area contributed by atoms with Crippen LogP contribution < -0.4 is 10.6 Å². The van der Waals surface area contributed by atoms with Crippen molar-refractivity contribution >= 4 is 11.5 Å². The van der Waals surface area contributed by atoms with Gasteiger partial charge in [0.2, 0.25) is 0 Å². The average Bonchev–Trinajstić information content (AvgIpc) is 2.66. The molecule has 1 aliphatic heterocycles. The second kappa shape index (κ2) is 5.18. The van der Waals surface area contributed by atoms with Crippen LogP contribution in [0.25, 0.3) is 0 Å². The zero-order valence-electron chi connectivity index (χ0n) is 11.8.